The van der Waals surface area contributed by atoms with Crippen LogP contribution in [0.4, 0.5) is 4.39 Å². The molecular formula is C10H11BrFN. The van der Waals surface area contributed by atoms with E-state index in [0.717, 1.165) is 22.9 Å². The van der Waals surface area contributed by atoms with Gasteiger partial charge in [-0.15, -0.1) is 0 Å². The summed E-state index contributed by atoms with van der Waals surface area (Å²) >= 11 is 3.39. The summed E-state index contributed by atoms with van der Waals surface area (Å²) < 4.78 is 14.0. The molecule has 0 saturated heterocycles. The van der Waals surface area contributed by atoms with Crippen LogP contribution in [0.3, 0.4) is 0 Å². The van der Waals surface area contributed by atoms with Gasteiger partial charge in [-0.05, 0) is 43.1 Å². The van der Waals surface area contributed by atoms with E-state index in [1.807, 2.05) is 7.05 Å². The highest BCUT2D eigenvalue weighted by Gasteiger charge is 2.23. The van der Waals surface area contributed by atoms with Gasteiger partial charge < -0.3 is 5.32 Å². The summed E-state index contributed by atoms with van der Waals surface area (Å²) in [6, 6.07) is 3.49. The van der Waals surface area contributed by atoms with Crippen molar-refractivity contribution in [1.29, 1.82) is 0 Å². The Balaban J connectivity index is 2.51. The van der Waals surface area contributed by atoms with Crippen LogP contribution in [0.2, 0.25) is 0 Å². The Labute approximate surface area is 85.5 Å². The molecule has 3 heteroatoms. The van der Waals surface area contributed by atoms with E-state index in [4.69, 9.17) is 0 Å². The van der Waals surface area contributed by atoms with Crippen molar-refractivity contribution in [3.05, 3.63) is 33.5 Å². The molecule has 1 aromatic carbocycles. The molecule has 1 atom stereocenters. The number of hydrogen-bond donors (Lipinski definition) is 1. The predicted octanol–water partition coefficient (Wildman–Crippen LogP) is 2.79. The number of benzene rings is 1. The minimum Gasteiger partial charge on any atom is -0.313 e. The zero-order valence-electron chi connectivity index (χ0n) is 7.40. The van der Waals surface area contributed by atoms with E-state index in [9.17, 15) is 4.39 Å². The predicted molar refractivity (Wildman–Crippen MR) is 54.2 cm³/mol. The van der Waals surface area contributed by atoms with Gasteiger partial charge in [-0.1, -0.05) is 15.9 Å². The zero-order valence-corrected chi connectivity index (χ0v) is 8.99. The van der Waals surface area contributed by atoms with Gasteiger partial charge >= 0.3 is 0 Å². The lowest BCUT2D eigenvalue weighted by molar-refractivity contribution is 0.581. The summed E-state index contributed by atoms with van der Waals surface area (Å²) in [6.07, 6.45) is 2.09. The maximum absolute atomic E-state index is 13.1. The van der Waals surface area contributed by atoms with E-state index < -0.39 is 0 Å². The van der Waals surface area contributed by atoms with E-state index in [2.05, 4.69) is 21.2 Å². The standard InChI is InChI=1S/C10H11BrFN/c1-13-10-3-2-7-8(10)4-6(12)5-9(7)11/h4-5,10,13H,2-3H2,1H3. The minimum absolute atomic E-state index is 0.159. The third-order valence-corrected chi connectivity index (χ3v) is 3.31. The molecule has 0 radical (unpaired) electrons. The highest BCUT2D eigenvalue weighted by Crippen LogP contribution is 2.36. The van der Waals surface area contributed by atoms with Crippen molar-refractivity contribution >= 4 is 15.9 Å². The number of fused-ring (bicyclic) bond motifs is 1. The fourth-order valence-corrected chi connectivity index (χ4v) is 2.59. The van der Waals surface area contributed by atoms with Crippen molar-refractivity contribution in [3.8, 4) is 0 Å². The van der Waals surface area contributed by atoms with Gasteiger partial charge in [0.15, 0.2) is 0 Å². The highest BCUT2D eigenvalue weighted by molar-refractivity contribution is 9.10. The van der Waals surface area contributed by atoms with Crippen molar-refractivity contribution in [3.63, 3.8) is 0 Å². The summed E-state index contributed by atoms with van der Waals surface area (Å²) in [7, 11) is 1.92. The van der Waals surface area contributed by atoms with Crippen molar-refractivity contribution in [1.82, 2.24) is 5.32 Å². The quantitative estimate of drug-likeness (QED) is 0.800. The molecule has 0 heterocycles. The molecule has 2 rings (SSSR count). The molecule has 70 valence electrons. The lowest BCUT2D eigenvalue weighted by Gasteiger charge is -2.10. The Kier molecular flexibility index (Phi) is 2.39. The van der Waals surface area contributed by atoms with Crippen molar-refractivity contribution < 1.29 is 4.39 Å². The fraction of sp³-hybridized carbons (Fsp3) is 0.400. The second-order valence-corrected chi connectivity index (χ2v) is 4.19. The molecule has 0 spiro atoms. The summed E-state index contributed by atoms with van der Waals surface area (Å²) in [5.41, 5.74) is 2.36. The maximum atomic E-state index is 13.1. The summed E-state index contributed by atoms with van der Waals surface area (Å²) in [5.74, 6) is -0.159. The zero-order chi connectivity index (χ0) is 9.42. The Morgan fingerprint density at radius 3 is 3.00 bits per heavy atom. The molecule has 0 aromatic heterocycles. The third-order valence-electron chi connectivity index (χ3n) is 2.60. The van der Waals surface area contributed by atoms with Gasteiger partial charge in [0.05, 0.1) is 0 Å². The Bertz CT molecular complexity index is 338. The van der Waals surface area contributed by atoms with E-state index in [0.29, 0.717) is 6.04 Å². The van der Waals surface area contributed by atoms with Gasteiger partial charge in [0.25, 0.3) is 0 Å². The van der Waals surface area contributed by atoms with Crippen LogP contribution < -0.4 is 5.32 Å². The lowest BCUT2D eigenvalue weighted by Crippen LogP contribution is -2.12. The molecule has 0 aliphatic heterocycles. The molecule has 0 saturated carbocycles. The first-order valence-corrected chi connectivity index (χ1v) is 5.16. The largest absolute Gasteiger partial charge is 0.313 e. The lowest BCUT2D eigenvalue weighted by atomic mass is 10.1. The topological polar surface area (TPSA) is 12.0 Å². The fourth-order valence-electron chi connectivity index (χ4n) is 1.94. The molecule has 1 nitrogen and oxygen atoms in total. The van der Waals surface area contributed by atoms with Crippen LogP contribution in [0.15, 0.2) is 16.6 Å². The number of rotatable bonds is 1. The van der Waals surface area contributed by atoms with Crippen LogP contribution in [0.1, 0.15) is 23.6 Å². The minimum atomic E-state index is -0.159. The second kappa shape index (κ2) is 3.39. The van der Waals surface area contributed by atoms with Crippen LogP contribution in [0.25, 0.3) is 0 Å². The van der Waals surface area contributed by atoms with Gasteiger partial charge in [-0.25, -0.2) is 4.39 Å². The Hall–Kier alpha value is -0.410. The van der Waals surface area contributed by atoms with Gasteiger partial charge in [0.1, 0.15) is 5.82 Å². The molecule has 0 bridgehead atoms. The molecule has 1 aliphatic carbocycles. The summed E-state index contributed by atoms with van der Waals surface area (Å²) in [4.78, 5) is 0. The molecule has 13 heavy (non-hydrogen) atoms. The maximum Gasteiger partial charge on any atom is 0.124 e. The van der Waals surface area contributed by atoms with Crippen LogP contribution >= 0.6 is 15.9 Å². The van der Waals surface area contributed by atoms with Crippen LogP contribution in [0.5, 0.6) is 0 Å². The normalized spacial score (nSPS) is 20.4. The molecule has 0 fully saturated rings. The van der Waals surface area contributed by atoms with E-state index in [1.54, 1.807) is 6.07 Å². The first-order chi connectivity index (χ1) is 6.22. The first kappa shape index (κ1) is 9.16. The molecular weight excluding hydrogens is 233 g/mol. The van der Waals surface area contributed by atoms with Crippen LogP contribution in [0, 0.1) is 5.82 Å². The van der Waals surface area contributed by atoms with Crippen LogP contribution in [-0.4, -0.2) is 7.05 Å². The Morgan fingerprint density at radius 2 is 2.31 bits per heavy atom. The van der Waals surface area contributed by atoms with Gasteiger partial charge in [0.2, 0.25) is 0 Å². The molecule has 1 unspecified atom stereocenters. The van der Waals surface area contributed by atoms with E-state index in [-0.39, 0.29) is 5.82 Å². The van der Waals surface area contributed by atoms with Gasteiger partial charge in [-0.3, -0.25) is 0 Å². The molecule has 1 N–H and O–H groups in total. The van der Waals surface area contributed by atoms with Crippen molar-refractivity contribution in [2.45, 2.75) is 18.9 Å². The summed E-state index contributed by atoms with van der Waals surface area (Å²) in [6.45, 7) is 0. The monoisotopic (exact) mass is 243 g/mol. The highest BCUT2D eigenvalue weighted by atomic mass is 79.9. The SMILES string of the molecule is CNC1CCc2c(Br)cc(F)cc21. The third kappa shape index (κ3) is 1.51. The van der Waals surface area contributed by atoms with Gasteiger partial charge in [0, 0.05) is 10.5 Å². The molecule has 0 amide bonds. The summed E-state index contributed by atoms with van der Waals surface area (Å²) in [5, 5.41) is 3.19. The Morgan fingerprint density at radius 1 is 1.54 bits per heavy atom. The molecule has 1 aromatic rings. The van der Waals surface area contributed by atoms with Gasteiger partial charge in [-0.2, -0.15) is 0 Å². The van der Waals surface area contributed by atoms with Crippen LogP contribution in [-0.2, 0) is 6.42 Å². The average Bonchev–Trinajstić information content (AvgIpc) is 2.47. The van der Waals surface area contributed by atoms with Crippen molar-refractivity contribution in [2.24, 2.45) is 0 Å². The number of hydrogen-bond acceptors (Lipinski definition) is 1. The number of nitrogens with one attached hydrogen (secondary N) is 1. The number of halogens is 2. The van der Waals surface area contributed by atoms with E-state index >= 15 is 0 Å². The average molecular weight is 244 g/mol. The smallest absolute Gasteiger partial charge is 0.124 e. The van der Waals surface area contributed by atoms with Crippen molar-refractivity contribution in [2.75, 3.05) is 7.05 Å². The molecule has 1 aliphatic rings. The second-order valence-electron chi connectivity index (χ2n) is 3.34. The first-order valence-electron chi connectivity index (χ1n) is 4.37. The van der Waals surface area contributed by atoms with E-state index in [1.165, 1.54) is 11.6 Å².